The van der Waals surface area contributed by atoms with Crippen LogP contribution in [-0.2, 0) is 0 Å². The Balaban J connectivity index is 2.77. The van der Waals surface area contributed by atoms with Crippen LogP contribution in [0.5, 0.6) is 0 Å². The smallest absolute Gasteiger partial charge is 0.0630 e. The lowest BCUT2D eigenvalue weighted by molar-refractivity contribution is 0.596. The first-order valence-corrected chi connectivity index (χ1v) is 3.73. The first kappa shape index (κ1) is 8.14. The molecule has 2 unspecified atom stereocenters. The normalized spacial score (nSPS) is 15.9. The molecule has 2 atom stereocenters. The molecule has 60 valence electrons. The molecule has 1 heterocycles. The lowest BCUT2D eigenvalue weighted by Crippen LogP contribution is -2.23. The summed E-state index contributed by atoms with van der Waals surface area (Å²) in [5.74, 6) is 0.281. The Hall–Kier alpha value is -0.960. The molecule has 1 rings (SSSR count). The standard InChI is InChI=1S/C8H13N3/c1-6(7(2)9)8-5-10-3-4-11-8/h3-7H,9H2,1-2H3. The molecular formula is C8H13N3. The Morgan fingerprint density at radius 3 is 2.55 bits per heavy atom. The molecule has 11 heavy (non-hydrogen) atoms. The molecule has 0 aliphatic heterocycles. The maximum atomic E-state index is 5.70. The quantitative estimate of drug-likeness (QED) is 0.684. The van der Waals surface area contributed by atoms with Crippen LogP contribution in [0.3, 0.4) is 0 Å². The molecule has 3 heteroatoms. The maximum absolute atomic E-state index is 5.70. The third-order valence-electron chi connectivity index (χ3n) is 1.84. The molecule has 0 amide bonds. The molecule has 0 bridgehead atoms. The van der Waals surface area contributed by atoms with Gasteiger partial charge in [-0.25, -0.2) is 0 Å². The van der Waals surface area contributed by atoms with E-state index in [4.69, 9.17) is 5.73 Å². The minimum atomic E-state index is 0.131. The van der Waals surface area contributed by atoms with Crippen LogP contribution in [0, 0.1) is 0 Å². The number of nitrogens with two attached hydrogens (primary N) is 1. The summed E-state index contributed by atoms with van der Waals surface area (Å²) in [7, 11) is 0. The fourth-order valence-corrected chi connectivity index (χ4v) is 0.815. The Kier molecular flexibility index (Phi) is 2.54. The topological polar surface area (TPSA) is 51.8 Å². The van der Waals surface area contributed by atoms with Gasteiger partial charge < -0.3 is 5.73 Å². The van der Waals surface area contributed by atoms with Gasteiger partial charge in [0.1, 0.15) is 0 Å². The van der Waals surface area contributed by atoms with E-state index in [1.807, 2.05) is 6.92 Å². The summed E-state index contributed by atoms with van der Waals surface area (Å²) in [5.41, 5.74) is 6.66. The predicted molar refractivity (Wildman–Crippen MR) is 44.1 cm³/mol. The van der Waals surface area contributed by atoms with Crippen molar-refractivity contribution < 1.29 is 0 Å². The number of rotatable bonds is 2. The molecule has 0 saturated heterocycles. The molecule has 2 N–H and O–H groups in total. The highest BCUT2D eigenvalue weighted by Crippen LogP contribution is 2.12. The van der Waals surface area contributed by atoms with Crippen LogP contribution in [0.15, 0.2) is 18.6 Å². The zero-order valence-corrected chi connectivity index (χ0v) is 6.86. The summed E-state index contributed by atoms with van der Waals surface area (Å²) in [6.07, 6.45) is 5.11. The Bertz CT molecular complexity index is 208. The second-order valence-corrected chi connectivity index (χ2v) is 2.78. The molecule has 0 radical (unpaired) electrons. The molecule has 1 aromatic rings. The largest absolute Gasteiger partial charge is 0.327 e. The van der Waals surface area contributed by atoms with Crippen LogP contribution in [0.2, 0.25) is 0 Å². The van der Waals surface area contributed by atoms with Crippen LogP contribution in [-0.4, -0.2) is 16.0 Å². The molecular weight excluding hydrogens is 138 g/mol. The van der Waals surface area contributed by atoms with E-state index in [1.165, 1.54) is 0 Å². The van der Waals surface area contributed by atoms with Gasteiger partial charge in [-0.2, -0.15) is 0 Å². The Labute approximate surface area is 66.7 Å². The molecule has 0 aliphatic rings. The second kappa shape index (κ2) is 3.44. The van der Waals surface area contributed by atoms with Crippen molar-refractivity contribution in [2.24, 2.45) is 5.73 Å². The number of aromatic nitrogens is 2. The minimum absolute atomic E-state index is 0.131. The minimum Gasteiger partial charge on any atom is -0.327 e. The number of nitrogens with zero attached hydrogens (tertiary/aromatic N) is 2. The third kappa shape index (κ3) is 1.98. The average Bonchev–Trinajstić information content (AvgIpc) is 2.05. The molecule has 1 aromatic heterocycles. The summed E-state index contributed by atoms with van der Waals surface area (Å²) >= 11 is 0. The van der Waals surface area contributed by atoms with Crippen molar-refractivity contribution in [3.8, 4) is 0 Å². The summed E-state index contributed by atoms with van der Waals surface area (Å²) < 4.78 is 0. The molecule has 3 nitrogen and oxygen atoms in total. The Morgan fingerprint density at radius 2 is 2.09 bits per heavy atom. The third-order valence-corrected chi connectivity index (χ3v) is 1.84. The lowest BCUT2D eigenvalue weighted by atomic mass is 10.0. The van der Waals surface area contributed by atoms with Gasteiger partial charge >= 0.3 is 0 Å². The number of hydrogen-bond donors (Lipinski definition) is 1. The van der Waals surface area contributed by atoms with Crippen molar-refractivity contribution in [1.82, 2.24) is 9.97 Å². The van der Waals surface area contributed by atoms with Gasteiger partial charge in [0.15, 0.2) is 0 Å². The number of hydrogen-bond acceptors (Lipinski definition) is 3. The molecule has 0 aromatic carbocycles. The molecule has 0 saturated carbocycles. The van der Waals surface area contributed by atoms with Crippen molar-refractivity contribution in [3.05, 3.63) is 24.3 Å². The molecule has 0 spiro atoms. The van der Waals surface area contributed by atoms with Gasteiger partial charge in [0, 0.05) is 30.6 Å². The first-order chi connectivity index (χ1) is 5.22. The fraction of sp³-hybridized carbons (Fsp3) is 0.500. The Morgan fingerprint density at radius 1 is 1.36 bits per heavy atom. The maximum Gasteiger partial charge on any atom is 0.0630 e. The van der Waals surface area contributed by atoms with Gasteiger partial charge in [-0.1, -0.05) is 6.92 Å². The summed E-state index contributed by atoms with van der Waals surface area (Å²) in [6.45, 7) is 4.02. The van der Waals surface area contributed by atoms with Crippen LogP contribution in [0.25, 0.3) is 0 Å². The van der Waals surface area contributed by atoms with Crippen molar-refractivity contribution in [3.63, 3.8) is 0 Å². The van der Waals surface area contributed by atoms with E-state index in [0.29, 0.717) is 0 Å². The van der Waals surface area contributed by atoms with Gasteiger partial charge in [0.05, 0.1) is 5.69 Å². The van der Waals surface area contributed by atoms with Crippen LogP contribution >= 0.6 is 0 Å². The van der Waals surface area contributed by atoms with E-state index in [-0.39, 0.29) is 12.0 Å². The van der Waals surface area contributed by atoms with Gasteiger partial charge in [-0.05, 0) is 6.92 Å². The monoisotopic (exact) mass is 151 g/mol. The average molecular weight is 151 g/mol. The molecule has 0 aliphatic carbocycles. The highest BCUT2D eigenvalue weighted by Gasteiger charge is 2.10. The first-order valence-electron chi connectivity index (χ1n) is 3.73. The van der Waals surface area contributed by atoms with Crippen molar-refractivity contribution >= 4 is 0 Å². The zero-order valence-electron chi connectivity index (χ0n) is 6.86. The summed E-state index contributed by atoms with van der Waals surface area (Å²) in [5, 5.41) is 0. The lowest BCUT2D eigenvalue weighted by Gasteiger charge is -2.13. The van der Waals surface area contributed by atoms with E-state index in [9.17, 15) is 0 Å². The summed E-state index contributed by atoms with van der Waals surface area (Å²) in [6, 6.07) is 0.131. The van der Waals surface area contributed by atoms with E-state index in [2.05, 4.69) is 16.9 Å². The highest BCUT2D eigenvalue weighted by atomic mass is 14.8. The van der Waals surface area contributed by atoms with Crippen molar-refractivity contribution in [2.75, 3.05) is 0 Å². The zero-order chi connectivity index (χ0) is 8.27. The van der Waals surface area contributed by atoms with Crippen LogP contribution < -0.4 is 5.73 Å². The van der Waals surface area contributed by atoms with E-state index < -0.39 is 0 Å². The SMILES string of the molecule is CC(N)C(C)c1cnccn1. The van der Waals surface area contributed by atoms with Crippen LogP contribution in [0.4, 0.5) is 0 Å². The van der Waals surface area contributed by atoms with Crippen molar-refractivity contribution in [1.29, 1.82) is 0 Å². The van der Waals surface area contributed by atoms with Gasteiger partial charge in [0.25, 0.3) is 0 Å². The van der Waals surface area contributed by atoms with E-state index >= 15 is 0 Å². The van der Waals surface area contributed by atoms with E-state index in [0.717, 1.165) is 5.69 Å². The molecule has 0 fully saturated rings. The fourth-order valence-electron chi connectivity index (χ4n) is 0.815. The van der Waals surface area contributed by atoms with Crippen molar-refractivity contribution in [2.45, 2.75) is 25.8 Å². The van der Waals surface area contributed by atoms with Gasteiger partial charge in [0.2, 0.25) is 0 Å². The second-order valence-electron chi connectivity index (χ2n) is 2.78. The van der Waals surface area contributed by atoms with E-state index in [1.54, 1.807) is 18.6 Å². The van der Waals surface area contributed by atoms with Crippen LogP contribution in [0.1, 0.15) is 25.5 Å². The van der Waals surface area contributed by atoms with Gasteiger partial charge in [-0.3, -0.25) is 9.97 Å². The highest BCUT2D eigenvalue weighted by molar-refractivity contribution is 5.04. The predicted octanol–water partition coefficient (Wildman–Crippen LogP) is 0.927. The summed E-state index contributed by atoms with van der Waals surface area (Å²) in [4.78, 5) is 8.13. The van der Waals surface area contributed by atoms with Gasteiger partial charge in [-0.15, -0.1) is 0 Å².